The fourth-order valence-corrected chi connectivity index (χ4v) is 3.22. The van der Waals surface area contributed by atoms with Crippen LogP contribution < -0.4 is 0 Å². The van der Waals surface area contributed by atoms with Gasteiger partial charge in [0.2, 0.25) is 0 Å². The average Bonchev–Trinajstić information content (AvgIpc) is 2.81. The number of unbranched alkanes of at least 4 members (excludes halogenated alkanes) is 7. The quantitative estimate of drug-likeness (QED) is 0.332. The zero-order valence-electron chi connectivity index (χ0n) is 15.6. The maximum Gasteiger partial charge on any atom is 0.174 e. The van der Waals surface area contributed by atoms with Crippen LogP contribution in [0.15, 0.2) is 12.2 Å². The first-order chi connectivity index (χ1) is 10.6. The number of hydrogen-bond donors (Lipinski definition) is 0. The molecule has 0 N–H and O–H groups in total. The summed E-state index contributed by atoms with van der Waals surface area (Å²) in [5, 5.41) is 0. The Bertz CT molecular complexity index is 301. The number of hydrogen-bond acceptors (Lipinski definition) is 2. The predicted molar refractivity (Wildman–Crippen MR) is 95.0 cm³/mol. The Labute approximate surface area is 138 Å². The summed E-state index contributed by atoms with van der Waals surface area (Å²) >= 11 is 0. The van der Waals surface area contributed by atoms with Gasteiger partial charge in [0, 0.05) is 5.92 Å². The van der Waals surface area contributed by atoms with Crippen LogP contribution in [0.4, 0.5) is 0 Å². The lowest BCUT2D eigenvalue weighted by atomic mass is 9.97. The van der Waals surface area contributed by atoms with Gasteiger partial charge in [-0.2, -0.15) is 0 Å². The minimum absolute atomic E-state index is 0.193. The summed E-state index contributed by atoms with van der Waals surface area (Å²) in [5.74, 6) is -0.0929. The van der Waals surface area contributed by atoms with Crippen LogP contribution in [-0.2, 0) is 9.47 Å². The van der Waals surface area contributed by atoms with Gasteiger partial charge in [0.15, 0.2) is 5.79 Å². The summed E-state index contributed by atoms with van der Waals surface area (Å²) in [6.45, 7) is 10.9. The van der Waals surface area contributed by atoms with Crippen molar-refractivity contribution in [1.82, 2.24) is 0 Å². The summed E-state index contributed by atoms with van der Waals surface area (Å²) in [4.78, 5) is 0. The van der Waals surface area contributed by atoms with Crippen LogP contribution >= 0.6 is 0 Å². The highest BCUT2D eigenvalue weighted by Crippen LogP contribution is 2.38. The van der Waals surface area contributed by atoms with E-state index in [1.807, 2.05) is 0 Å². The van der Waals surface area contributed by atoms with E-state index >= 15 is 0 Å². The predicted octanol–water partition coefficient (Wildman–Crippen LogP) is 6.25. The molecule has 2 heteroatoms. The molecule has 0 spiro atoms. The van der Waals surface area contributed by atoms with E-state index in [0.717, 1.165) is 6.42 Å². The van der Waals surface area contributed by atoms with Crippen molar-refractivity contribution in [2.75, 3.05) is 0 Å². The van der Waals surface area contributed by atoms with Gasteiger partial charge in [-0.15, -0.1) is 0 Å². The van der Waals surface area contributed by atoms with Crippen molar-refractivity contribution in [3.05, 3.63) is 12.2 Å². The topological polar surface area (TPSA) is 18.5 Å². The van der Waals surface area contributed by atoms with Gasteiger partial charge in [-0.05, 0) is 33.1 Å². The first-order valence-electron chi connectivity index (χ1n) is 9.58. The first kappa shape index (κ1) is 19.7. The molecule has 0 bridgehead atoms. The Hall–Kier alpha value is -0.340. The van der Waals surface area contributed by atoms with Crippen LogP contribution in [0.3, 0.4) is 0 Å². The molecule has 0 saturated carbocycles. The first-order valence-corrected chi connectivity index (χ1v) is 9.58. The van der Waals surface area contributed by atoms with Gasteiger partial charge in [-0.3, -0.25) is 0 Å². The molecule has 0 aromatic rings. The van der Waals surface area contributed by atoms with Crippen molar-refractivity contribution in [2.24, 2.45) is 5.92 Å². The third-order valence-electron chi connectivity index (χ3n) is 5.02. The molecule has 1 heterocycles. The van der Waals surface area contributed by atoms with Gasteiger partial charge in [-0.25, -0.2) is 0 Å². The van der Waals surface area contributed by atoms with E-state index in [9.17, 15) is 0 Å². The third-order valence-corrected chi connectivity index (χ3v) is 5.02. The fourth-order valence-electron chi connectivity index (χ4n) is 3.22. The SMILES string of the molecule is CCCCCCCCC/C=C/[C@H](C)C1(CC)O[C@H](C)[C@@H](C)O1. The average molecular weight is 311 g/mol. The molecule has 1 aliphatic rings. The smallest absolute Gasteiger partial charge is 0.174 e. The second-order valence-corrected chi connectivity index (χ2v) is 6.94. The van der Waals surface area contributed by atoms with E-state index in [1.54, 1.807) is 0 Å². The van der Waals surface area contributed by atoms with Gasteiger partial charge in [0.1, 0.15) is 0 Å². The molecule has 22 heavy (non-hydrogen) atoms. The van der Waals surface area contributed by atoms with Crippen LogP contribution in [0, 0.1) is 5.92 Å². The molecule has 1 aliphatic heterocycles. The molecule has 0 radical (unpaired) electrons. The maximum absolute atomic E-state index is 6.13. The van der Waals surface area contributed by atoms with E-state index in [0.29, 0.717) is 5.92 Å². The summed E-state index contributed by atoms with van der Waals surface area (Å²) in [6, 6.07) is 0. The van der Waals surface area contributed by atoms with Gasteiger partial charge >= 0.3 is 0 Å². The Morgan fingerprint density at radius 3 is 2.00 bits per heavy atom. The third kappa shape index (κ3) is 6.04. The van der Waals surface area contributed by atoms with Gasteiger partial charge in [-0.1, -0.05) is 71.4 Å². The highest BCUT2D eigenvalue weighted by molar-refractivity contribution is 4.97. The molecule has 0 amide bonds. The summed E-state index contributed by atoms with van der Waals surface area (Å²) in [7, 11) is 0. The van der Waals surface area contributed by atoms with E-state index in [4.69, 9.17) is 9.47 Å². The normalized spacial score (nSPS) is 25.9. The Balaban J connectivity index is 2.22. The van der Waals surface area contributed by atoms with Crippen LogP contribution in [-0.4, -0.2) is 18.0 Å². The summed E-state index contributed by atoms with van der Waals surface area (Å²) < 4.78 is 12.3. The number of allylic oxidation sites excluding steroid dienone is 1. The molecular formula is C20H38O2. The largest absolute Gasteiger partial charge is 0.344 e. The molecule has 0 aromatic heterocycles. The zero-order chi connectivity index (χ0) is 16.4. The summed E-state index contributed by atoms with van der Waals surface area (Å²) in [5.41, 5.74) is 0. The van der Waals surface area contributed by atoms with Gasteiger partial charge in [0.25, 0.3) is 0 Å². The number of rotatable bonds is 11. The van der Waals surface area contributed by atoms with Crippen molar-refractivity contribution < 1.29 is 9.47 Å². The highest BCUT2D eigenvalue weighted by Gasteiger charge is 2.45. The van der Waals surface area contributed by atoms with E-state index in [1.165, 1.54) is 51.4 Å². The van der Waals surface area contributed by atoms with Crippen LogP contribution in [0.5, 0.6) is 0 Å². The van der Waals surface area contributed by atoms with E-state index < -0.39 is 5.79 Å². The summed E-state index contributed by atoms with van der Waals surface area (Å²) in [6.07, 6.45) is 16.7. The standard InChI is InChI=1S/C20H38O2/c1-6-8-9-10-11-12-13-14-15-16-17(3)20(7-2)21-18(4)19(5)22-20/h15-19H,6-14H2,1-5H3/b16-15+/t17-,18+,19+/m0/s1. The molecule has 1 saturated heterocycles. The molecule has 0 unspecified atom stereocenters. The van der Waals surface area contributed by atoms with Gasteiger partial charge < -0.3 is 9.47 Å². The maximum atomic E-state index is 6.13. The minimum atomic E-state index is -0.407. The van der Waals surface area contributed by atoms with Crippen LogP contribution in [0.2, 0.25) is 0 Å². The molecule has 1 rings (SSSR count). The Morgan fingerprint density at radius 2 is 1.45 bits per heavy atom. The van der Waals surface area contributed by atoms with Crippen molar-refractivity contribution in [1.29, 1.82) is 0 Å². The van der Waals surface area contributed by atoms with Crippen LogP contribution in [0.25, 0.3) is 0 Å². The van der Waals surface area contributed by atoms with Crippen molar-refractivity contribution in [2.45, 2.75) is 110 Å². The van der Waals surface area contributed by atoms with E-state index in [-0.39, 0.29) is 12.2 Å². The molecule has 1 fully saturated rings. The van der Waals surface area contributed by atoms with Gasteiger partial charge in [0.05, 0.1) is 12.2 Å². The minimum Gasteiger partial charge on any atom is -0.344 e. The molecule has 0 aliphatic carbocycles. The van der Waals surface area contributed by atoms with Crippen LogP contribution in [0.1, 0.15) is 92.4 Å². The monoisotopic (exact) mass is 310 g/mol. The second-order valence-electron chi connectivity index (χ2n) is 6.94. The fraction of sp³-hybridized carbons (Fsp3) is 0.900. The molecule has 2 nitrogen and oxygen atoms in total. The highest BCUT2D eigenvalue weighted by atomic mass is 16.8. The lowest BCUT2D eigenvalue weighted by Gasteiger charge is -2.31. The second kappa shape index (κ2) is 10.4. The lowest BCUT2D eigenvalue weighted by Crippen LogP contribution is -2.36. The van der Waals surface area contributed by atoms with Crippen molar-refractivity contribution in [3.63, 3.8) is 0 Å². The van der Waals surface area contributed by atoms with Crippen molar-refractivity contribution >= 4 is 0 Å². The van der Waals surface area contributed by atoms with Crippen molar-refractivity contribution in [3.8, 4) is 0 Å². The molecule has 0 aromatic carbocycles. The molecular weight excluding hydrogens is 272 g/mol. The van der Waals surface area contributed by atoms with E-state index in [2.05, 4.69) is 46.8 Å². The Morgan fingerprint density at radius 1 is 0.909 bits per heavy atom. The molecule has 130 valence electrons. The number of ether oxygens (including phenoxy) is 2. The lowest BCUT2D eigenvalue weighted by molar-refractivity contribution is -0.197. The Kier molecular flexibility index (Phi) is 9.35. The molecule has 3 atom stereocenters. The zero-order valence-corrected chi connectivity index (χ0v) is 15.6.